The topological polar surface area (TPSA) is 112 Å². The summed E-state index contributed by atoms with van der Waals surface area (Å²) in [4.78, 5) is 44.7. The first-order valence-corrected chi connectivity index (χ1v) is 12.2. The van der Waals surface area contributed by atoms with E-state index >= 15 is 0 Å². The summed E-state index contributed by atoms with van der Waals surface area (Å²) >= 11 is 0. The lowest BCUT2D eigenvalue weighted by Crippen LogP contribution is -2.53. The molecule has 2 N–H and O–H groups in total. The molecule has 36 heavy (non-hydrogen) atoms. The van der Waals surface area contributed by atoms with Crippen LogP contribution in [0.3, 0.4) is 0 Å². The van der Waals surface area contributed by atoms with E-state index in [0.29, 0.717) is 16.9 Å². The minimum atomic E-state index is -1.26. The molecule has 3 aromatic rings. The van der Waals surface area contributed by atoms with Crippen LogP contribution in [0.5, 0.6) is 5.75 Å². The van der Waals surface area contributed by atoms with Gasteiger partial charge in [-0.3, -0.25) is 34.5 Å². The predicted octanol–water partition coefficient (Wildman–Crippen LogP) is 2.14. The van der Waals surface area contributed by atoms with Gasteiger partial charge in [0.2, 0.25) is 11.8 Å². The summed E-state index contributed by atoms with van der Waals surface area (Å²) in [5.74, 6) is -0.772. The molecule has 4 heterocycles. The first kappa shape index (κ1) is 22.6. The van der Waals surface area contributed by atoms with Crippen LogP contribution in [-0.4, -0.2) is 62.8 Å². The summed E-state index contributed by atoms with van der Waals surface area (Å²) in [6.07, 6.45) is 1.75. The molecule has 0 saturated carbocycles. The number of aliphatic hydroxyl groups is 1. The van der Waals surface area contributed by atoms with Crippen molar-refractivity contribution in [1.29, 1.82) is 0 Å². The molecule has 2 fully saturated rings. The van der Waals surface area contributed by atoms with E-state index in [2.05, 4.69) is 27.3 Å². The Morgan fingerprint density at radius 1 is 1.08 bits per heavy atom. The number of ether oxygens (including phenoxy) is 1. The number of nitrogens with zero attached hydrogens (tertiary/aromatic N) is 3. The summed E-state index contributed by atoms with van der Waals surface area (Å²) in [5.41, 5.74) is 2.98. The monoisotopic (exact) mass is 486 g/mol. The molecule has 0 aliphatic carbocycles. The van der Waals surface area contributed by atoms with Gasteiger partial charge in [-0.1, -0.05) is 18.2 Å². The number of fused-ring (bicyclic) bond motifs is 2. The minimum absolute atomic E-state index is 0.0170. The van der Waals surface area contributed by atoms with E-state index in [9.17, 15) is 19.5 Å². The van der Waals surface area contributed by atoms with Gasteiger partial charge >= 0.3 is 0 Å². The van der Waals surface area contributed by atoms with Crippen molar-refractivity contribution in [3.05, 3.63) is 71.4 Å². The number of hydrogen-bond donors (Lipinski definition) is 2. The number of piperidine rings is 1. The van der Waals surface area contributed by atoms with E-state index in [1.54, 1.807) is 18.2 Å². The molecule has 3 aliphatic heterocycles. The van der Waals surface area contributed by atoms with Gasteiger partial charge in [0.15, 0.2) is 6.23 Å². The van der Waals surface area contributed by atoms with Gasteiger partial charge < -0.3 is 9.84 Å². The summed E-state index contributed by atoms with van der Waals surface area (Å²) in [6, 6.07) is 14.4. The summed E-state index contributed by atoms with van der Waals surface area (Å²) < 4.78 is 6.24. The SMILES string of the molecule is O=C1CCC(N2C(=O)c3ccc(O[C@@H]4CCN(Cc5ccnc6ccccc56)C4)cc3C2O)C(=O)N1. The molecule has 184 valence electrons. The first-order chi connectivity index (χ1) is 17.5. The third-order valence-corrected chi connectivity index (χ3v) is 7.24. The Kier molecular flexibility index (Phi) is 5.66. The number of imide groups is 1. The van der Waals surface area contributed by atoms with Crippen molar-refractivity contribution in [3.63, 3.8) is 0 Å². The van der Waals surface area contributed by atoms with Gasteiger partial charge in [-0.25, -0.2) is 0 Å². The lowest BCUT2D eigenvalue weighted by atomic mass is 10.0. The number of amides is 3. The quantitative estimate of drug-likeness (QED) is 0.532. The molecule has 3 aliphatic rings. The zero-order chi connectivity index (χ0) is 24.8. The second kappa shape index (κ2) is 9.00. The third kappa shape index (κ3) is 4.00. The van der Waals surface area contributed by atoms with Gasteiger partial charge in [0.05, 0.1) is 5.52 Å². The fourth-order valence-corrected chi connectivity index (χ4v) is 5.45. The van der Waals surface area contributed by atoms with Gasteiger partial charge in [0.1, 0.15) is 17.9 Å². The second-order valence-corrected chi connectivity index (χ2v) is 9.55. The summed E-state index contributed by atoms with van der Waals surface area (Å²) in [7, 11) is 0. The molecule has 3 amide bonds. The number of benzene rings is 2. The standard InChI is InChI=1S/C27H26N4O5/c32-24-8-7-23(25(33)29-24)31-26(34)20-6-5-17(13-21(20)27(31)35)36-18-10-12-30(15-18)14-16-9-11-28-22-4-2-1-3-19(16)22/h1-6,9,11,13,18,23,27,35H,7-8,10,12,14-15H2,(H,29,32,33)/t18-,23?,27?/m1/s1. The number of para-hydroxylation sites is 1. The van der Waals surface area contributed by atoms with E-state index in [4.69, 9.17) is 4.74 Å². The van der Waals surface area contributed by atoms with Crippen molar-refractivity contribution < 1.29 is 24.2 Å². The summed E-state index contributed by atoms with van der Waals surface area (Å²) in [5, 5.41) is 14.3. The van der Waals surface area contributed by atoms with Crippen molar-refractivity contribution in [3.8, 4) is 5.75 Å². The van der Waals surface area contributed by atoms with Gasteiger partial charge in [-0.05, 0) is 48.7 Å². The average molecular weight is 487 g/mol. The molecule has 1 aromatic heterocycles. The van der Waals surface area contributed by atoms with Crippen LogP contribution in [0.1, 0.15) is 47.0 Å². The van der Waals surface area contributed by atoms with E-state index in [1.807, 2.05) is 24.4 Å². The largest absolute Gasteiger partial charge is 0.489 e. The smallest absolute Gasteiger partial charge is 0.257 e. The number of hydrogen-bond acceptors (Lipinski definition) is 7. The van der Waals surface area contributed by atoms with Gasteiger partial charge in [0, 0.05) is 48.8 Å². The molecular formula is C27H26N4O5. The highest BCUT2D eigenvalue weighted by molar-refractivity contribution is 6.05. The molecule has 0 bridgehead atoms. The van der Waals surface area contributed by atoms with E-state index < -0.39 is 24.1 Å². The van der Waals surface area contributed by atoms with Crippen molar-refractivity contribution in [2.24, 2.45) is 0 Å². The van der Waals surface area contributed by atoms with Crippen LogP contribution in [0.2, 0.25) is 0 Å². The van der Waals surface area contributed by atoms with Crippen LogP contribution in [0.4, 0.5) is 0 Å². The Bertz CT molecular complexity index is 1370. The molecule has 6 rings (SSSR count). The van der Waals surface area contributed by atoms with Gasteiger partial charge in [0.25, 0.3) is 5.91 Å². The van der Waals surface area contributed by atoms with Crippen LogP contribution < -0.4 is 10.1 Å². The summed E-state index contributed by atoms with van der Waals surface area (Å²) in [6.45, 7) is 2.47. The molecular weight excluding hydrogens is 460 g/mol. The van der Waals surface area contributed by atoms with Gasteiger partial charge in [-0.2, -0.15) is 0 Å². The molecule has 2 saturated heterocycles. The van der Waals surface area contributed by atoms with E-state index in [0.717, 1.165) is 41.9 Å². The van der Waals surface area contributed by atoms with Crippen LogP contribution >= 0.6 is 0 Å². The highest BCUT2D eigenvalue weighted by Gasteiger charge is 2.44. The highest BCUT2D eigenvalue weighted by Crippen LogP contribution is 2.37. The first-order valence-electron chi connectivity index (χ1n) is 12.2. The number of aliphatic hydroxyl groups excluding tert-OH is 1. The molecule has 9 heteroatoms. The third-order valence-electron chi connectivity index (χ3n) is 7.24. The Balaban J connectivity index is 1.13. The van der Waals surface area contributed by atoms with E-state index in [1.165, 1.54) is 5.56 Å². The van der Waals surface area contributed by atoms with Crippen molar-refractivity contribution in [2.75, 3.05) is 13.1 Å². The number of pyridine rings is 1. The Morgan fingerprint density at radius 2 is 1.94 bits per heavy atom. The molecule has 0 spiro atoms. The second-order valence-electron chi connectivity index (χ2n) is 9.55. The Labute approximate surface area is 207 Å². The molecule has 0 radical (unpaired) electrons. The van der Waals surface area contributed by atoms with Crippen LogP contribution in [-0.2, 0) is 16.1 Å². The van der Waals surface area contributed by atoms with E-state index in [-0.39, 0.29) is 24.9 Å². The highest BCUT2D eigenvalue weighted by atomic mass is 16.5. The van der Waals surface area contributed by atoms with Crippen molar-refractivity contribution in [1.82, 2.24) is 20.1 Å². The maximum Gasteiger partial charge on any atom is 0.257 e. The lowest BCUT2D eigenvalue weighted by molar-refractivity contribution is -0.139. The maximum atomic E-state index is 12.9. The van der Waals surface area contributed by atoms with Crippen molar-refractivity contribution in [2.45, 2.75) is 44.2 Å². The fraction of sp³-hybridized carbons (Fsp3) is 0.333. The predicted molar refractivity (Wildman–Crippen MR) is 130 cm³/mol. The molecule has 9 nitrogen and oxygen atoms in total. The van der Waals surface area contributed by atoms with Crippen LogP contribution in [0.15, 0.2) is 54.7 Å². The molecule has 2 unspecified atom stereocenters. The van der Waals surface area contributed by atoms with Crippen LogP contribution in [0, 0.1) is 0 Å². The number of carbonyl (C=O) groups is 3. The molecule has 2 aromatic carbocycles. The molecule has 3 atom stereocenters. The number of rotatable bonds is 5. The number of nitrogens with one attached hydrogen (secondary N) is 1. The number of likely N-dealkylation sites (tertiary alicyclic amines) is 1. The number of aromatic nitrogens is 1. The lowest BCUT2D eigenvalue weighted by Gasteiger charge is -2.31. The fourth-order valence-electron chi connectivity index (χ4n) is 5.45. The van der Waals surface area contributed by atoms with Crippen molar-refractivity contribution >= 4 is 28.6 Å². The number of carbonyl (C=O) groups excluding carboxylic acids is 3. The zero-order valence-corrected chi connectivity index (χ0v) is 19.6. The normalized spacial score (nSPS) is 24.3. The van der Waals surface area contributed by atoms with Gasteiger partial charge in [-0.15, -0.1) is 0 Å². The Hall–Kier alpha value is -3.82. The minimum Gasteiger partial charge on any atom is -0.489 e. The zero-order valence-electron chi connectivity index (χ0n) is 19.6. The van der Waals surface area contributed by atoms with Crippen LogP contribution in [0.25, 0.3) is 10.9 Å². The Morgan fingerprint density at radius 3 is 2.81 bits per heavy atom. The average Bonchev–Trinajstić information content (AvgIpc) is 3.41. The maximum absolute atomic E-state index is 12.9.